The van der Waals surface area contributed by atoms with Crippen molar-refractivity contribution in [2.45, 2.75) is 73.9 Å². The summed E-state index contributed by atoms with van der Waals surface area (Å²) in [6.07, 6.45) is 8.71. The lowest BCUT2D eigenvalue weighted by Crippen LogP contribution is -2.60. The highest BCUT2D eigenvalue weighted by Gasteiger charge is 2.51. The van der Waals surface area contributed by atoms with Crippen molar-refractivity contribution in [1.82, 2.24) is 15.3 Å². The van der Waals surface area contributed by atoms with Crippen molar-refractivity contribution in [2.24, 2.45) is 17.8 Å². The van der Waals surface area contributed by atoms with Crippen LogP contribution in [0.1, 0.15) is 63.0 Å². The maximum atomic E-state index is 13.2. The van der Waals surface area contributed by atoms with E-state index in [-0.39, 0.29) is 42.7 Å². The number of amides is 1. The van der Waals surface area contributed by atoms with Crippen LogP contribution in [0.4, 0.5) is 8.78 Å². The second kappa shape index (κ2) is 7.06. The molecule has 6 rings (SSSR count). The van der Waals surface area contributed by atoms with Crippen LogP contribution < -0.4 is 10.1 Å². The highest BCUT2D eigenvalue weighted by molar-refractivity contribution is 7.98. The first-order valence-electron chi connectivity index (χ1n) is 10.6. The van der Waals surface area contributed by atoms with Crippen LogP contribution in [0.3, 0.4) is 0 Å². The first-order chi connectivity index (χ1) is 13.8. The quantitative estimate of drug-likeness (QED) is 0.549. The van der Waals surface area contributed by atoms with Crippen molar-refractivity contribution in [3.63, 3.8) is 0 Å². The second-order valence-corrected chi connectivity index (χ2v) is 10.4. The van der Waals surface area contributed by atoms with E-state index in [4.69, 9.17) is 4.74 Å². The number of hydrogen-bond acceptors (Lipinski definition) is 5. The number of thioether (sulfide) groups is 1. The van der Waals surface area contributed by atoms with E-state index in [1.54, 1.807) is 6.07 Å². The molecule has 1 aromatic heterocycles. The van der Waals surface area contributed by atoms with Crippen LogP contribution in [-0.2, 0) is 4.79 Å². The molecule has 1 N–H and O–H groups in total. The zero-order valence-corrected chi connectivity index (χ0v) is 17.4. The fraction of sp³-hybridized carbons (Fsp3) is 0.762. The summed E-state index contributed by atoms with van der Waals surface area (Å²) >= 11 is 1.34. The molecule has 5 aliphatic carbocycles. The Morgan fingerprint density at radius 1 is 1.14 bits per heavy atom. The summed E-state index contributed by atoms with van der Waals surface area (Å²) in [6.45, 7) is -0.104. The van der Waals surface area contributed by atoms with Gasteiger partial charge in [0.1, 0.15) is 0 Å². The van der Waals surface area contributed by atoms with Crippen molar-refractivity contribution in [3.05, 3.63) is 11.8 Å². The average Bonchev–Trinajstić information content (AvgIpc) is 2.62. The van der Waals surface area contributed by atoms with Crippen molar-refractivity contribution in [3.8, 4) is 5.88 Å². The molecular formula is C21H27F2N3O2S. The van der Waals surface area contributed by atoms with E-state index in [0.717, 1.165) is 37.0 Å². The molecule has 0 aliphatic heterocycles. The highest BCUT2D eigenvalue weighted by atomic mass is 32.2. The fourth-order valence-electron chi connectivity index (χ4n) is 6.40. The smallest absolute Gasteiger partial charge is 0.258 e. The molecule has 0 saturated heterocycles. The monoisotopic (exact) mass is 423 g/mol. The summed E-state index contributed by atoms with van der Waals surface area (Å²) in [4.78, 5) is 21.3. The number of carbonyl (C=O) groups is 1. The molecule has 5 nitrogen and oxygen atoms in total. The van der Waals surface area contributed by atoms with Crippen LogP contribution in [0.15, 0.2) is 11.2 Å². The molecule has 1 amide bonds. The van der Waals surface area contributed by atoms with Crippen molar-refractivity contribution in [2.75, 3.05) is 12.9 Å². The summed E-state index contributed by atoms with van der Waals surface area (Å²) in [6, 6.07) is 1.61. The maximum Gasteiger partial charge on any atom is 0.258 e. The molecule has 4 bridgehead atoms. The minimum Gasteiger partial charge on any atom is -0.467 e. The lowest BCUT2D eigenvalue weighted by molar-refractivity contribution is -0.128. The van der Waals surface area contributed by atoms with Crippen LogP contribution in [0, 0.1) is 17.8 Å². The van der Waals surface area contributed by atoms with Gasteiger partial charge in [-0.1, -0.05) is 11.8 Å². The Balaban J connectivity index is 1.21. The van der Waals surface area contributed by atoms with E-state index in [1.807, 2.05) is 6.26 Å². The van der Waals surface area contributed by atoms with Crippen LogP contribution in [0.5, 0.6) is 5.88 Å². The summed E-state index contributed by atoms with van der Waals surface area (Å²) in [5, 5.41) is 3.76. The number of carbonyl (C=O) groups excluding carboxylic acids is 1. The minimum absolute atomic E-state index is 0.0476. The van der Waals surface area contributed by atoms with Gasteiger partial charge in [-0.2, -0.15) is 4.98 Å². The molecule has 29 heavy (non-hydrogen) atoms. The number of alkyl halides is 2. The van der Waals surface area contributed by atoms with Gasteiger partial charge in [-0.25, -0.2) is 13.8 Å². The molecule has 5 fully saturated rings. The van der Waals surface area contributed by atoms with Gasteiger partial charge in [0.25, 0.3) is 5.91 Å². The van der Waals surface area contributed by atoms with E-state index in [1.165, 1.54) is 31.0 Å². The molecule has 8 heteroatoms. The molecule has 5 saturated carbocycles. The van der Waals surface area contributed by atoms with Gasteiger partial charge in [0, 0.05) is 30.4 Å². The van der Waals surface area contributed by atoms with Gasteiger partial charge in [0.15, 0.2) is 11.8 Å². The van der Waals surface area contributed by atoms with Gasteiger partial charge in [-0.15, -0.1) is 0 Å². The van der Waals surface area contributed by atoms with E-state index in [2.05, 4.69) is 15.3 Å². The maximum absolute atomic E-state index is 13.2. The topological polar surface area (TPSA) is 64.1 Å². The van der Waals surface area contributed by atoms with Crippen molar-refractivity contribution >= 4 is 17.7 Å². The number of aromatic nitrogens is 2. The molecule has 0 spiro atoms. The zero-order valence-electron chi connectivity index (χ0n) is 16.6. The number of hydrogen-bond donors (Lipinski definition) is 1. The fourth-order valence-corrected chi connectivity index (χ4v) is 6.78. The summed E-state index contributed by atoms with van der Waals surface area (Å²) in [7, 11) is 0. The molecule has 0 unspecified atom stereocenters. The zero-order chi connectivity index (χ0) is 20.2. The number of nitrogens with one attached hydrogen (secondary N) is 1. The SMILES string of the molecule is CSc1nc(OCC(=O)NC23CC4CC(CC(C4)C2)C3)cc(C2CC(F)(F)C2)n1. The van der Waals surface area contributed by atoms with Gasteiger partial charge in [-0.3, -0.25) is 4.79 Å². The Bertz CT molecular complexity index is 776. The first kappa shape index (κ1) is 19.5. The summed E-state index contributed by atoms with van der Waals surface area (Å²) in [5.74, 6) is -0.427. The number of nitrogens with zero attached hydrogens (tertiary/aromatic N) is 2. The van der Waals surface area contributed by atoms with Crippen LogP contribution in [0.25, 0.3) is 0 Å². The van der Waals surface area contributed by atoms with E-state index < -0.39 is 5.92 Å². The molecule has 0 radical (unpaired) electrons. The third-order valence-electron chi connectivity index (χ3n) is 7.19. The van der Waals surface area contributed by atoms with Crippen molar-refractivity contribution < 1.29 is 18.3 Å². The third-order valence-corrected chi connectivity index (χ3v) is 7.73. The average molecular weight is 424 g/mol. The van der Waals surface area contributed by atoms with Crippen LogP contribution in [-0.4, -0.2) is 40.2 Å². The van der Waals surface area contributed by atoms with Gasteiger partial charge in [-0.05, 0) is 62.5 Å². The normalized spacial score (nSPS) is 34.7. The Morgan fingerprint density at radius 3 is 2.31 bits per heavy atom. The standard InChI is InChI=1S/C21H27F2N3O2S/c1-29-19-24-16(15-9-21(22,23)10-15)5-18(25-19)28-11-17(27)26-20-6-12-2-13(7-20)4-14(3-12)8-20/h5,12-15H,2-4,6-11H2,1H3,(H,26,27). The molecule has 0 atom stereocenters. The summed E-state index contributed by atoms with van der Waals surface area (Å²) in [5.41, 5.74) is 0.528. The lowest BCUT2D eigenvalue weighted by atomic mass is 9.53. The number of ether oxygens (including phenoxy) is 1. The van der Waals surface area contributed by atoms with E-state index in [9.17, 15) is 13.6 Å². The first-order valence-corrected chi connectivity index (χ1v) is 11.8. The lowest BCUT2D eigenvalue weighted by Gasteiger charge is -2.56. The van der Waals surface area contributed by atoms with Gasteiger partial charge in [0.2, 0.25) is 11.8 Å². The Labute approximate surface area is 173 Å². The van der Waals surface area contributed by atoms with E-state index >= 15 is 0 Å². The van der Waals surface area contributed by atoms with Gasteiger partial charge in [0.05, 0.1) is 5.69 Å². The van der Waals surface area contributed by atoms with Gasteiger partial charge >= 0.3 is 0 Å². The predicted molar refractivity (Wildman–Crippen MR) is 105 cm³/mol. The highest BCUT2D eigenvalue weighted by Crippen LogP contribution is 2.55. The Hall–Kier alpha value is -1.44. The second-order valence-electron chi connectivity index (χ2n) is 9.61. The predicted octanol–water partition coefficient (Wildman–Crippen LogP) is 4.18. The number of halogens is 2. The molecule has 5 aliphatic rings. The van der Waals surface area contributed by atoms with E-state index in [0.29, 0.717) is 10.9 Å². The van der Waals surface area contributed by atoms with Gasteiger partial charge < -0.3 is 10.1 Å². The minimum atomic E-state index is -2.60. The largest absolute Gasteiger partial charge is 0.467 e. The Kier molecular flexibility index (Phi) is 4.76. The molecular weight excluding hydrogens is 396 g/mol. The Morgan fingerprint density at radius 2 is 1.76 bits per heavy atom. The molecule has 0 aromatic carbocycles. The summed E-state index contributed by atoms with van der Waals surface area (Å²) < 4.78 is 32.1. The molecule has 1 aromatic rings. The van der Waals surface area contributed by atoms with Crippen molar-refractivity contribution in [1.29, 1.82) is 0 Å². The van der Waals surface area contributed by atoms with Crippen LogP contribution >= 0.6 is 11.8 Å². The third kappa shape index (κ3) is 3.97. The molecule has 158 valence electrons. The van der Waals surface area contributed by atoms with Crippen LogP contribution in [0.2, 0.25) is 0 Å². The number of rotatable bonds is 6. The molecule has 1 heterocycles.